The summed E-state index contributed by atoms with van der Waals surface area (Å²) in [5.41, 5.74) is 0.694. The van der Waals surface area contributed by atoms with Crippen molar-refractivity contribution < 1.29 is 22.5 Å². The first-order valence-corrected chi connectivity index (χ1v) is 11.3. The quantitative estimate of drug-likeness (QED) is 0.517. The zero-order valence-corrected chi connectivity index (χ0v) is 17.9. The van der Waals surface area contributed by atoms with Gasteiger partial charge in [-0.15, -0.1) is 11.3 Å². The molecule has 3 rings (SSSR count). The van der Waals surface area contributed by atoms with Crippen LogP contribution in [0.3, 0.4) is 0 Å². The molecular formula is C18H18ClN3O5S2. The van der Waals surface area contributed by atoms with Gasteiger partial charge in [0.1, 0.15) is 10.3 Å². The molecule has 154 valence electrons. The molecule has 0 amide bonds. The summed E-state index contributed by atoms with van der Waals surface area (Å²) in [6.45, 7) is 3.16. The van der Waals surface area contributed by atoms with Crippen LogP contribution in [0.5, 0.6) is 0 Å². The summed E-state index contributed by atoms with van der Waals surface area (Å²) in [5.74, 6) is -0.644. The van der Waals surface area contributed by atoms with E-state index in [1.807, 2.05) is 0 Å². The molecule has 1 unspecified atom stereocenters. The largest absolute Gasteiger partial charge is 0.454 e. The Morgan fingerprint density at radius 2 is 2.00 bits per heavy atom. The predicted octanol–water partition coefficient (Wildman–Crippen LogP) is 3.50. The first-order valence-electron chi connectivity index (χ1n) is 8.57. The number of nitrogens with one attached hydrogen (secondary N) is 1. The van der Waals surface area contributed by atoms with Crippen LogP contribution in [0.4, 0.5) is 0 Å². The zero-order valence-electron chi connectivity index (χ0n) is 15.5. The van der Waals surface area contributed by atoms with E-state index in [9.17, 15) is 13.2 Å². The summed E-state index contributed by atoms with van der Waals surface area (Å²) < 4.78 is 37.6. The first-order chi connectivity index (χ1) is 13.8. The van der Waals surface area contributed by atoms with Crippen LogP contribution in [-0.4, -0.2) is 30.6 Å². The lowest BCUT2D eigenvalue weighted by Gasteiger charge is -2.19. The van der Waals surface area contributed by atoms with Crippen molar-refractivity contribution in [3.05, 3.63) is 52.7 Å². The van der Waals surface area contributed by atoms with E-state index in [0.717, 1.165) is 11.3 Å². The van der Waals surface area contributed by atoms with Crippen LogP contribution in [0.15, 0.2) is 50.5 Å². The van der Waals surface area contributed by atoms with Gasteiger partial charge in [0, 0.05) is 10.6 Å². The van der Waals surface area contributed by atoms with Crippen molar-refractivity contribution in [2.45, 2.75) is 30.7 Å². The van der Waals surface area contributed by atoms with Crippen LogP contribution in [0, 0.1) is 5.92 Å². The van der Waals surface area contributed by atoms with E-state index < -0.39 is 22.0 Å². The lowest BCUT2D eigenvalue weighted by Crippen LogP contribution is -2.45. The van der Waals surface area contributed by atoms with Gasteiger partial charge < -0.3 is 9.26 Å². The van der Waals surface area contributed by atoms with Crippen LogP contribution >= 0.6 is 22.9 Å². The van der Waals surface area contributed by atoms with E-state index in [-0.39, 0.29) is 22.6 Å². The predicted molar refractivity (Wildman–Crippen MR) is 108 cm³/mol. The number of hydrogen-bond donors (Lipinski definition) is 1. The molecule has 2 heterocycles. The van der Waals surface area contributed by atoms with Crippen molar-refractivity contribution in [3.63, 3.8) is 0 Å². The summed E-state index contributed by atoms with van der Waals surface area (Å²) in [7, 11) is -3.82. The monoisotopic (exact) mass is 455 g/mol. The molecule has 0 aliphatic heterocycles. The van der Waals surface area contributed by atoms with Crippen molar-refractivity contribution >= 4 is 38.9 Å². The number of ether oxygens (including phenoxy) is 1. The number of hydrogen-bond acceptors (Lipinski definition) is 8. The number of nitrogens with zero attached hydrogens (tertiary/aromatic N) is 2. The van der Waals surface area contributed by atoms with Gasteiger partial charge in [-0.1, -0.05) is 36.7 Å². The molecule has 0 saturated heterocycles. The molecule has 0 aliphatic carbocycles. The lowest BCUT2D eigenvalue weighted by molar-refractivity contribution is -0.148. The van der Waals surface area contributed by atoms with Gasteiger partial charge in [0.05, 0.1) is 0 Å². The fourth-order valence-corrected chi connectivity index (χ4v) is 4.82. The third-order valence-electron chi connectivity index (χ3n) is 3.87. The maximum atomic E-state index is 12.5. The number of thiophene rings is 1. The first kappa shape index (κ1) is 21.4. The highest BCUT2D eigenvalue weighted by molar-refractivity contribution is 7.91. The lowest BCUT2D eigenvalue weighted by atomic mass is 10.1. The van der Waals surface area contributed by atoms with E-state index in [1.54, 1.807) is 49.6 Å². The minimum atomic E-state index is -3.82. The molecule has 3 aromatic rings. The zero-order chi connectivity index (χ0) is 21.0. The van der Waals surface area contributed by atoms with Crippen LogP contribution < -0.4 is 4.72 Å². The Morgan fingerprint density at radius 1 is 1.28 bits per heavy atom. The Balaban J connectivity index is 1.64. The fraction of sp³-hybridized carbons (Fsp3) is 0.278. The van der Waals surface area contributed by atoms with E-state index >= 15 is 0 Å². The van der Waals surface area contributed by atoms with Crippen LogP contribution in [-0.2, 0) is 26.2 Å². The molecule has 0 radical (unpaired) electrons. The maximum Gasteiger partial charge on any atom is 0.324 e. The second-order valence-corrected chi connectivity index (χ2v) is 9.73. The average Bonchev–Trinajstić information content (AvgIpc) is 3.37. The van der Waals surface area contributed by atoms with Crippen molar-refractivity contribution in [1.29, 1.82) is 0 Å². The van der Waals surface area contributed by atoms with Gasteiger partial charge in [-0.05, 0) is 41.6 Å². The molecular weight excluding hydrogens is 438 g/mol. The van der Waals surface area contributed by atoms with Gasteiger partial charge in [0.2, 0.25) is 5.82 Å². The molecule has 2 aromatic heterocycles. The number of halogens is 1. The van der Waals surface area contributed by atoms with Gasteiger partial charge in [-0.3, -0.25) is 4.79 Å². The minimum absolute atomic E-state index is 0.0897. The molecule has 0 spiro atoms. The summed E-state index contributed by atoms with van der Waals surface area (Å²) in [6.07, 6.45) is 0. The molecule has 0 fully saturated rings. The Kier molecular flexibility index (Phi) is 6.68. The summed E-state index contributed by atoms with van der Waals surface area (Å²) in [5, 5.41) is 6.06. The average molecular weight is 456 g/mol. The summed E-state index contributed by atoms with van der Waals surface area (Å²) >= 11 is 6.92. The molecule has 0 bridgehead atoms. The molecule has 0 saturated carbocycles. The number of aromatic nitrogens is 2. The smallest absolute Gasteiger partial charge is 0.324 e. The molecule has 1 atom stereocenters. The molecule has 0 aliphatic rings. The third kappa shape index (κ3) is 5.41. The van der Waals surface area contributed by atoms with Crippen LogP contribution in [0.25, 0.3) is 11.4 Å². The van der Waals surface area contributed by atoms with E-state index in [1.165, 1.54) is 6.07 Å². The number of benzene rings is 1. The van der Waals surface area contributed by atoms with E-state index in [2.05, 4.69) is 14.9 Å². The summed E-state index contributed by atoms with van der Waals surface area (Å²) in [4.78, 5) is 16.6. The van der Waals surface area contributed by atoms with Crippen molar-refractivity contribution in [1.82, 2.24) is 14.9 Å². The topological polar surface area (TPSA) is 111 Å². The van der Waals surface area contributed by atoms with E-state index in [4.69, 9.17) is 20.9 Å². The second-order valence-electron chi connectivity index (χ2n) is 6.40. The SMILES string of the molecule is CC(C)C(NS(=O)(=O)c1cccs1)C(=O)OCc1nc(-c2ccc(Cl)cc2)no1. The second kappa shape index (κ2) is 9.04. The Hall–Kier alpha value is -2.27. The van der Waals surface area contributed by atoms with Crippen LogP contribution in [0.1, 0.15) is 19.7 Å². The fourth-order valence-electron chi connectivity index (χ4n) is 2.35. The highest BCUT2D eigenvalue weighted by Crippen LogP contribution is 2.20. The number of carbonyl (C=O) groups excluding carboxylic acids is 1. The van der Waals surface area contributed by atoms with Crippen molar-refractivity contribution in [3.8, 4) is 11.4 Å². The summed E-state index contributed by atoms with van der Waals surface area (Å²) in [6, 6.07) is 8.89. The van der Waals surface area contributed by atoms with Crippen molar-refractivity contribution in [2.75, 3.05) is 0 Å². The third-order valence-corrected chi connectivity index (χ3v) is 6.96. The molecule has 1 aromatic carbocycles. The number of sulfonamides is 1. The van der Waals surface area contributed by atoms with Gasteiger partial charge in [-0.25, -0.2) is 8.42 Å². The van der Waals surface area contributed by atoms with E-state index in [0.29, 0.717) is 16.4 Å². The number of rotatable bonds is 8. The maximum absolute atomic E-state index is 12.5. The highest BCUT2D eigenvalue weighted by Gasteiger charge is 2.30. The number of esters is 1. The van der Waals surface area contributed by atoms with Gasteiger partial charge in [0.15, 0.2) is 6.61 Å². The van der Waals surface area contributed by atoms with Gasteiger partial charge >= 0.3 is 5.97 Å². The van der Waals surface area contributed by atoms with Crippen molar-refractivity contribution in [2.24, 2.45) is 5.92 Å². The molecule has 8 nitrogen and oxygen atoms in total. The molecule has 29 heavy (non-hydrogen) atoms. The van der Waals surface area contributed by atoms with Gasteiger partial charge in [0.25, 0.3) is 15.9 Å². The minimum Gasteiger partial charge on any atom is -0.454 e. The highest BCUT2D eigenvalue weighted by atomic mass is 35.5. The standard InChI is InChI=1S/C18H18ClN3O5S2/c1-11(2)16(22-29(24,25)15-4-3-9-28-15)18(23)26-10-14-20-17(21-27-14)12-5-7-13(19)8-6-12/h3-9,11,16,22H,10H2,1-2H3. The Morgan fingerprint density at radius 3 is 2.62 bits per heavy atom. The normalized spacial score (nSPS) is 12.8. The Labute approximate surface area is 176 Å². The Bertz CT molecular complexity index is 1060. The number of carbonyl (C=O) groups is 1. The molecule has 1 N–H and O–H groups in total. The molecule has 11 heteroatoms. The van der Waals surface area contributed by atoms with Crippen LogP contribution in [0.2, 0.25) is 5.02 Å². The van der Waals surface area contributed by atoms with Gasteiger partial charge in [-0.2, -0.15) is 9.71 Å².